The fourth-order valence-electron chi connectivity index (χ4n) is 2.23. The summed E-state index contributed by atoms with van der Waals surface area (Å²) in [6.45, 7) is 2.26. The van der Waals surface area contributed by atoms with Gasteiger partial charge in [0.15, 0.2) is 0 Å². The topological polar surface area (TPSA) is 58.6 Å². The number of rotatable bonds is 5. The van der Waals surface area contributed by atoms with Gasteiger partial charge in [-0.25, -0.2) is 9.69 Å². The highest BCUT2D eigenvalue weighted by Crippen LogP contribution is 2.30. The van der Waals surface area contributed by atoms with Crippen molar-refractivity contribution in [3.63, 3.8) is 0 Å². The molecule has 1 saturated heterocycles. The van der Waals surface area contributed by atoms with Crippen LogP contribution >= 0.6 is 0 Å². The lowest BCUT2D eigenvalue weighted by molar-refractivity contribution is -0.137. The van der Waals surface area contributed by atoms with Gasteiger partial charge in [0.1, 0.15) is 6.61 Å². The molecule has 1 aromatic carbocycles. The number of carbonyl (C=O) groups excluding carboxylic acids is 2. The number of benzene rings is 1. The van der Waals surface area contributed by atoms with Crippen LogP contribution in [-0.2, 0) is 15.7 Å². The summed E-state index contributed by atoms with van der Waals surface area (Å²) in [4.78, 5) is 24.4. The van der Waals surface area contributed by atoms with E-state index >= 15 is 0 Å². The molecule has 1 atom stereocenters. The Bertz CT molecular complexity index is 572. The standard InChI is InChI=1S/C15H17F3N2O3/c1-2-11(9-13(21)20-7-8-23-14(20)22)19-12-5-3-10(4-6-12)15(16,17)18/h3-6,11,19H,2,7-9H2,1H3/t11-/m0/s1. The number of imide groups is 1. The fourth-order valence-corrected chi connectivity index (χ4v) is 2.23. The van der Waals surface area contributed by atoms with Crippen molar-refractivity contribution >= 4 is 17.7 Å². The van der Waals surface area contributed by atoms with E-state index in [4.69, 9.17) is 4.74 Å². The molecule has 2 rings (SSSR count). The number of halogens is 3. The zero-order valence-electron chi connectivity index (χ0n) is 12.5. The molecule has 0 radical (unpaired) electrons. The van der Waals surface area contributed by atoms with Crippen LogP contribution in [0.2, 0.25) is 0 Å². The average Bonchev–Trinajstić information content (AvgIpc) is 2.92. The molecule has 5 nitrogen and oxygen atoms in total. The Balaban J connectivity index is 1.96. The van der Waals surface area contributed by atoms with E-state index in [1.54, 1.807) is 0 Å². The lowest BCUT2D eigenvalue weighted by Gasteiger charge is -2.20. The third-order valence-corrected chi connectivity index (χ3v) is 3.56. The predicted molar refractivity (Wildman–Crippen MR) is 76.8 cm³/mol. The first-order chi connectivity index (χ1) is 10.8. The molecule has 1 fully saturated rings. The van der Waals surface area contributed by atoms with Crippen LogP contribution in [0.3, 0.4) is 0 Å². The normalized spacial score (nSPS) is 16.2. The zero-order valence-corrected chi connectivity index (χ0v) is 12.5. The van der Waals surface area contributed by atoms with E-state index in [1.807, 2.05) is 6.92 Å². The summed E-state index contributed by atoms with van der Waals surface area (Å²) < 4.78 is 42.3. The first-order valence-corrected chi connectivity index (χ1v) is 7.22. The largest absolute Gasteiger partial charge is 0.447 e. The lowest BCUT2D eigenvalue weighted by Crippen LogP contribution is -2.35. The fraction of sp³-hybridized carbons (Fsp3) is 0.467. The van der Waals surface area contributed by atoms with Crippen LogP contribution in [0.15, 0.2) is 24.3 Å². The van der Waals surface area contributed by atoms with Crippen molar-refractivity contribution in [2.45, 2.75) is 32.0 Å². The van der Waals surface area contributed by atoms with Crippen molar-refractivity contribution in [2.75, 3.05) is 18.5 Å². The molecular formula is C15H17F3N2O3. The van der Waals surface area contributed by atoms with Crippen molar-refractivity contribution in [1.29, 1.82) is 0 Å². The van der Waals surface area contributed by atoms with Gasteiger partial charge in [-0.05, 0) is 30.7 Å². The van der Waals surface area contributed by atoms with Crippen LogP contribution in [0.25, 0.3) is 0 Å². The maximum Gasteiger partial charge on any atom is 0.416 e. The molecule has 1 aromatic rings. The van der Waals surface area contributed by atoms with Gasteiger partial charge >= 0.3 is 12.3 Å². The molecule has 126 valence electrons. The van der Waals surface area contributed by atoms with Gasteiger partial charge < -0.3 is 10.1 Å². The van der Waals surface area contributed by atoms with E-state index in [9.17, 15) is 22.8 Å². The Morgan fingerprint density at radius 1 is 1.35 bits per heavy atom. The second-order valence-electron chi connectivity index (χ2n) is 5.19. The van der Waals surface area contributed by atoms with Crippen molar-refractivity contribution in [3.8, 4) is 0 Å². The van der Waals surface area contributed by atoms with E-state index in [0.29, 0.717) is 12.1 Å². The van der Waals surface area contributed by atoms with Crippen LogP contribution in [0.4, 0.5) is 23.7 Å². The summed E-state index contributed by atoms with van der Waals surface area (Å²) in [6.07, 6.45) is -4.39. The van der Waals surface area contributed by atoms with Crippen LogP contribution in [0, 0.1) is 0 Å². The minimum Gasteiger partial charge on any atom is -0.447 e. The van der Waals surface area contributed by atoms with Gasteiger partial charge in [-0.1, -0.05) is 6.92 Å². The predicted octanol–water partition coefficient (Wildman–Crippen LogP) is 3.26. The summed E-state index contributed by atoms with van der Waals surface area (Å²) in [5.41, 5.74) is -0.242. The second kappa shape index (κ2) is 6.89. The van der Waals surface area contributed by atoms with E-state index < -0.39 is 17.8 Å². The molecule has 1 N–H and O–H groups in total. The van der Waals surface area contributed by atoms with Crippen LogP contribution in [0.5, 0.6) is 0 Å². The van der Waals surface area contributed by atoms with Crippen LogP contribution in [0.1, 0.15) is 25.3 Å². The Morgan fingerprint density at radius 3 is 2.48 bits per heavy atom. The third kappa shape index (κ3) is 4.37. The van der Waals surface area contributed by atoms with Crippen LogP contribution < -0.4 is 5.32 Å². The van der Waals surface area contributed by atoms with Gasteiger partial charge in [0.2, 0.25) is 5.91 Å². The molecule has 2 amide bonds. The highest BCUT2D eigenvalue weighted by molar-refractivity contribution is 5.93. The number of amides is 2. The summed E-state index contributed by atoms with van der Waals surface area (Å²) in [6, 6.07) is 4.32. The van der Waals surface area contributed by atoms with Gasteiger partial charge in [0.05, 0.1) is 12.1 Å². The molecule has 8 heteroatoms. The summed E-state index contributed by atoms with van der Waals surface area (Å²) >= 11 is 0. The maximum atomic E-state index is 12.5. The van der Waals surface area contributed by atoms with E-state index in [0.717, 1.165) is 17.0 Å². The minimum absolute atomic E-state index is 0.0621. The molecule has 0 aliphatic carbocycles. The van der Waals surface area contributed by atoms with Gasteiger partial charge in [-0.2, -0.15) is 13.2 Å². The first-order valence-electron chi connectivity index (χ1n) is 7.22. The molecule has 1 heterocycles. The number of hydrogen-bond donors (Lipinski definition) is 1. The molecule has 0 spiro atoms. The molecule has 1 aliphatic rings. The van der Waals surface area contributed by atoms with Gasteiger partial charge in [-0.3, -0.25) is 4.79 Å². The van der Waals surface area contributed by atoms with Crippen molar-refractivity contribution in [1.82, 2.24) is 4.90 Å². The molecule has 0 saturated carbocycles. The SMILES string of the molecule is CC[C@@H](CC(=O)N1CCOC1=O)Nc1ccc(C(F)(F)F)cc1. The number of anilines is 1. The number of alkyl halides is 3. The quantitative estimate of drug-likeness (QED) is 0.900. The minimum atomic E-state index is -4.38. The van der Waals surface area contributed by atoms with Gasteiger partial charge in [-0.15, -0.1) is 0 Å². The Hall–Kier alpha value is -2.25. The lowest BCUT2D eigenvalue weighted by atomic mass is 10.1. The number of ether oxygens (including phenoxy) is 1. The summed E-state index contributed by atoms with van der Waals surface area (Å²) in [7, 11) is 0. The number of hydrogen-bond acceptors (Lipinski definition) is 4. The highest BCUT2D eigenvalue weighted by atomic mass is 19.4. The first kappa shape index (κ1) is 17.1. The Labute approximate surface area is 131 Å². The maximum absolute atomic E-state index is 12.5. The van der Waals surface area contributed by atoms with E-state index in [1.165, 1.54) is 12.1 Å². The number of carbonyl (C=O) groups is 2. The molecule has 0 aromatic heterocycles. The molecule has 1 aliphatic heterocycles. The second-order valence-corrected chi connectivity index (χ2v) is 5.19. The van der Waals surface area contributed by atoms with Gasteiger partial charge in [0.25, 0.3) is 0 Å². The summed E-state index contributed by atoms with van der Waals surface area (Å²) in [5, 5.41) is 3.01. The van der Waals surface area contributed by atoms with E-state index in [2.05, 4.69) is 5.32 Å². The van der Waals surface area contributed by atoms with Crippen molar-refractivity contribution < 1.29 is 27.5 Å². The number of nitrogens with one attached hydrogen (secondary N) is 1. The Kier molecular flexibility index (Phi) is 5.12. The average molecular weight is 330 g/mol. The van der Waals surface area contributed by atoms with Gasteiger partial charge in [0, 0.05) is 18.2 Å². The highest BCUT2D eigenvalue weighted by Gasteiger charge is 2.31. The summed E-state index contributed by atoms with van der Waals surface area (Å²) in [5.74, 6) is -0.362. The van der Waals surface area contributed by atoms with Crippen LogP contribution in [-0.4, -0.2) is 36.1 Å². The molecule has 23 heavy (non-hydrogen) atoms. The third-order valence-electron chi connectivity index (χ3n) is 3.56. The van der Waals surface area contributed by atoms with E-state index in [-0.39, 0.29) is 31.5 Å². The number of nitrogens with zero attached hydrogens (tertiary/aromatic N) is 1. The Morgan fingerprint density at radius 2 is 2.00 bits per heavy atom. The molecule has 0 unspecified atom stereocenters. The monoisotopic (exact) mass is 330 g/mol. The molecule has 0 bridgehead atoms. The zero-order chi connectivity index (χ0) is 17.0. The van der Waals surface area contributed by atoms with Crippen molar-refractivity contribution in [3.05, 3.63) is 29.8 Å². The van der Waals surface area contributed by atoms with Crippen molar-refractivity contribution in [2.24, 2.45) is 0 Å². The molecular weight excluding hydrogens is 313 g/mol. The smallest absolute Gasteiger partial charge is 0.416 e. The number of cyclic esters (lactones) is 1.